The van der Waals surface area contributed by atoms with Crippen LogP contribution < -0.4 is 10.1 Å². The molecule has 0 aromatic heterocycles. The second-order valence-electron chi connectivity index (χ2n) is 5.65. The summed E-state index contributed by atoms with van der Waals surface area (Å²) in [4.78, 5) is 0. The van der Waals surface area contributed by atoms with Gasteiger partial charge in [0.15, 0.2) is 0 Å². The molecule has 3 heteroatoms. The van der Waals surface area contributed by atoms with E-state index in [1.165, 1.54) is 18.6 Å². The molecule has 0 bridgehead atoms. The Morgan fingerprint density at radius 2 is 2.16 bits per heavy atom. The van der Waals surface area contributed by atoms with E-state index in [0.29, 0.717) is 12.0 Å². The highest BCUT2D eigenvalue weighted by Crippen LogP contribution is 2.29. The van der Waals surface area contributed by atoms with Crippen LogP contribution in [0.3, 0.4) is 0 Å². The summed E-state index contributed by atoms with van der Waals surface area (Å²) < 4.78 is 19.3. The second-order valence-corrected chi connectivity index (χ2v) is 5.65. The maximum Gasteiger partial charge on any atom is 0.123 e. The zero-order chi connectivity index (χ0) is 13.8. The molecule has 0 amide bonds. The molecule has 0 radical (unpaired) electrons. The average molecular weight is 265 g/mol. The zero-order valence-corrected chi connectivity index (χ0v) is 12.1. The molecule has 1 aliphatic rings. The number of ether oxygens (including phenoxy) is 1. The molecule has 106 valence electrons. The third-order valence-electron chi connectivity index (χ3n) is 3.94. The Bertz CT molecular complexity index is 421. The topological polar surface area (TPSA) is 21.3 Å². The molecule has 1 fully saturated rings. The van der Waals surface area contributed by atoms with E-state index in [1.54, 1.807) is 6.07 Å². The summed E-state index contributed by atoms with van der Waals surface area (Å²) in [5.41, 5.74) is 0.869. The fourth-order valence-corrected chi connectivity index (χ4v) is 2.86. The third-order valence-corrected chi connectivity index (χ3v) is 3.94. The molecule has 0 heterocycles. The van der Waals surface area contributed by atoms with Gasteiger partial charge in [-0.05, 0) is 62.4 Å². The van der Waals surface area contributed by atoms with Gasteiger partial charge in [0.1, 0.15) is 17.7 Å². The summed E-state index contributed by atoms with van der Waals surface area (Å²) in [7, 11) is 0. The summed E-state index contributed by atoms with van der Waals surface area (Å²) in [6.45, 7) is 7.25. The van der Waals surface area contributed by atoms with Crippen LogP contribution in [0.5, 0.6) is 5.75 Å². The standard InChI is InChI=1S/C16H24FNO/c1-4-18-14-7-5-11(2)9-16(14)19-15-8-6-13(17)10-12(15)3/h6,8,10-11,14,16,18H,4-5,7,9H2,1-3H3. The van der Waals surface area contributed by atoms with Crippen LogP contribution in [-0.2, 0) is 0 Å². The molecule has 2 rings (SSSR count). The van der Waals surface area contributed by atoms with Crippen molar-refractivity contribution in [2.24, 2.45) is 5.92 Å². The number of rotatable bonds is 4. The predicted octanol–water partition coefficient (Wildman–Crippen LogP) is 3.68. The van der Waals surface area contributed by atoms with Gasteiger partial charge in [-0.3, -0.25) is 0 Å². The maximum atomic E-state index is 13.1. The van der Waals surface area contributed by atoms with E-state index in [4.69, 9.17) is 4.74 Å². The summed E-state index contributed by atoms with van der Waals surface area (Å²) >= 11 is 0. The summed E-state index contributed by atoms with van der Waals surface area (Å²) in [6.07, 6.45) is 3.65. The third kappa shape index (κ3) is 3.69. The van der Waals surface area contributed by atoms with Crippen molar-refractivity contribution in [3.05, 3.63) is 29.6 Å². The molecule has 1 saturated carbocycles. The van der Waals surface area contributed by atoms with Crippen molar-refractivity contribution >= 4 is 0 Å². The molecule has 1 aliphatic carbocycles. The van der Waals surface area contributed by atoms with E-state index in [2.05, 4.69) is 19.2 Å². The molecule has 0 aliphatic heterocycles. The first-order valence-electron chi connectivity index (χ1n) is 7.26. The number of likely N-dealkylation sites (N-methyl/N-ethyl adjacent to an activating group) is 1. The van der Waals surface area contributed by atoms with E-state index in [9.17, 15) is 4.39 Å². The number of aryl methyl sites for hydroxylation is 1. The quantitative estimate of drug-likeness (QED) is 0.896. The monoisotopic (exact) mass is 265 g/mol. The number of hydrogen-bond donors (Lipinski definition) is 1. The minimum absolute atomic E-state index is 0.188. The first-order valence-corrected chi connectivity index (χ1v) is 7.26. The molecular formula is C16H24FNO. The Hall–Kier alpha value is -1.09. The van der Waals surface area contributed by atoms with E-state index in [-0.39, 0.29) is 11.9 Å². The maximum absolute atomic E-state index is 13.1. The minimum Gasteiger partial charge on any atom is -0.489 e. The van der Waals surface area contributed by atoms with Gasteiger partial charge in [-0.1, -0.05) is 13.8 Å². The van der Waals surface area contributed by atoms with Crippen LogP contribution in [0, 0.1) is 18.7 Å². The molecule has 3 atom stereocenters. The lowest BCUT2D eigenvalue weighted by Gasteiger charge is -2.35. The highest BCUT2D eigenvalue weighted by Gasteiger charge is 2.29. The number of nitrogens with one attached hydrogen (secondary N) is 1. The molecule has 0 saturated heterocycles. The summed E-state index contributed by atoms with van der Waals surface area (Å²) in [6, 6.07) is 5.15. The van der Waals surface area contributed by atoms with Gasteiger partial charge >= 0.3 is 0 Å². The van der Waals surface area contributed by atoms with Crippen molar-refractivity contribution in [3.63, 3.8) is 0 Å². The lowest BCUT2D eigenvalue weighted by atomic mass is 9.85. The normalized spacial score (nSPS) is 27.3. The van der Waals surface area contributed by atoms with Gasteiger partial charge in [0.25, 0.3) is 0 Å². The van der Waals surface area contributed by atoms with Crippen molar-refractivity contribution in [1.29, 1.82) is 0 Å². The zero-order valence-electron chi connectivity index (χ0n) is 12.1. The van der Waals surface area contributed by atoms with Gasteiger partial charge in [-0.15, -0.1) is 0 Å². The van der Waals surface area contributed by atoms with E-state index in [0.717, 1.165) is 30.7 Å². The molecular weight excluding hydrogens is 241 g/mol. The Kier molecular flexibility index (Phi) is 4.81. The van der Waals surface area contributed by atoms with Crippen LogP contribution in [0.2, 0.25) is 0 Å². The largest absolute Gasteiger partial charge is 0.489 e. The number of hydrogen-bond acceptors (Lipinski definition) is 2. The Labute approximate surface area is 115 Å². The predicted molar refractivity (Wildman–Crippen MR) is 76.0 cm³/mol. The second kappa shape index (κ2) is 6.38. The van der Waals surface area contributed by atoms with Gasteiger partial charge in [0.05, 0.1) is 0 Å². The first-order chi connectivity index (χ1) is 9.10. The molecule has 2 nitrogen and oxygen atoms in total. The first kappa shape index (κ1) is 14.3. The minimum atomic E-state index is -0.204. The lowest BCUT2D eigenvalue weighted by Crippen LogP contribution is -2.46. The highest BCUT2D eigenvalue weighted by molar-refractivity contribution is 5.32. The van der Waals surface area contributed by atoms with Crippen LogP contribution in [0.25, 0.3) is 0 Å². The molecule has 1 aromatic rings. The summed E-state index contributed by atoms with van der Waals surface area (Å²) in [5, 5.41) is 3.51. The Balaban J connectivity index is 2.09. The lowest BCUT2D eigenvalue weighted by molar-refractivity contribution is 0.0909. The van der Waals surface area contributed by atoms with E-state index in [1.807, 2.05) is 6.92 Å². The Morgan fingerprint density at radius 3 is 2.84 bits per heavy atom. The number of halogens is 1. The van der Waals surface area contributed by atoms with Gasteiger partial charge < -0.3 is 10.1 Å². The molecule has 1 aromatic carbocycles. The van der Waals surface area contributed by atoms with Crippen LogP contribution in [0.4, 0.5) is 4.39 Å². The van der Waals surface area contributed by atoms with Gasteiger partial charge in [-0.25, -0.2) is 4.39 Å². The van der Waals surface area contributed by atoms with Crippen molar-refractivity contribution in [2.45, 2.75) is 52.2 Å². The Morgan fingerprint density at radius 1 is 1.37 bits per heavy atom. The van der Waals surface area contributed by atoms with Gasteiger partial charge in [-0.2, -0.15) is 0 Å². The van der Waals surface area contributed by atoms with Crippen molar-refractivity contribution < 1.29 is 9.13 Å². The molecule has 3 unspecified atom stereocenters. The average Bonchev–Trinajstić information content (AvgIpc) is 2.36. The highest BCUT2D eigenvalue weighted by atomic mass is 19.1. The summed E-state index contributed by atoms with van der Waals surface area (Å²) in [5.74, 6) is 1.30. The fourth-order valence-electron chi connectivity index (χ4n) is 2.86. The van der Waals surface area contributed by atoms with Crippen LogP contribution in [-0.4, -0.2) is 18.7 Å². The van der Waals surface area contributed by atoms with Crippen molar-refractivity contribution in [3.8, 4) is 5.75 Å². The van der Waals surface area contributed by atoms with Gasteiger partial charge in [0, 0.05) is 6.04 Å². The molecule has 0 spiro atoms. The van der Waals surface area contributed by atoms with Crippen molar-refractivity contribution in [2.75, 3.05) is 6.54 Å². The van der Waals surface area contributed by atoms with Gasteiger partial charge in [0.2, 0.25) is 0 Å². The van der Waals surface area contributed by atoms with Crippen LogP contribution in [0.1, 0.15) is 38.7 Å². The van der Waals surface area contributed by atoms with Crippen molar-refractivity contribution in [1.82, 2.24) is 5.32 Å². The van der Waals surface area contributed by atoms with E-state index < -0.39 is 0 Å². The molecule has 19 heavy (non-hydrogen) atoms. The smallest absolute Gasteiger partial charge is 0.123 e. The van der Waals surface area contributed by atoms with Crippen LogP contribution >= 0.6 is 0 Å². The van der Waals surface area contributed by atoms with E-state index >= 15 is 0 Å². The number of benzene rings is 1. The molecule has 1 N–H and O–H groups in total. The SMILES string of the molecule is CCNC1CCC(C)CC1Oc1ccc(F)cc1C. The fraction of sp³-hybridized carbons (Fsp3) is 0.625. The van der Waals surface area contributed by atoms with Crippen LogP contribution in [0.15, 0.2) is 18.2 Å².